The van der Waals surface area contributed by atoms with Crippen LogP contribution in [0.15, 0.2) is 0 Å². The largest absolute Gasteiger partial charge is 0.478 e. The first kappa shape index (κ1) is 51.2. The molecule has 6 aliphatic rings. The Bertz CT molecular complexity index is 2440. The molecule has 6 saturated heterocycles. The molecule has 0 radical (unpaired) electrons. The first-order valence-corrected chi connectivity index (χ1v) is 23.6. The number of urea groups is 3. The molecule has 69 heavy (non-hydrogen) atoms. The Balaban J connectivity index is 1.32. The van der Waals surface area contributed by atoms with Crippen molar-refractivity contribution < 1.29 is 58.5 Å². The van der Waals surface area contributed by atoms with Crippen LogP contribution in [0.25, 0.3) is 0 Å². The molecule has 6 heterocycles. The first-order chi connectivity index (χ1) is 31.4. The van der Waals surface area contributed by atoms with Gasteiger partial charge >= 0.3 is 36.0 Å². The highest BCUT2D eigenvalue weighted by molar-refractivity contribution is 6.10. The van der Waals surface area contributed by atoms with Crippen molar-refractivity contribution in [1.29, 1.82) is 0 Å². The molecule has 0 aliphatic carbocycles. The van der Waals surface area contributed by atoms with Crippen LogP contribution >= 0.6 is 0 Å². The molecule has 0 atom stereocenters. The normalized spacial score (nSPS) is 25.3. The number of nitrogens with one attached hydrogen (secondary N) is 6. The second kappa shape index (κ2) is 16.2. The summed E-state index contributed by atoms with van der Waals surface area (Å²) in [6, 6.07) is -2.33. The van der Waals surface area contributed by atoms with E-state index in [1.54, 1.807) is 0 Å². The molecule has 378 valence electrons. The van der Waals surface area contributed by atoms with E-state index in [1.165, 1.54) is 0 Å². The molecule has 6 aliphatic heterocycles. The third-order valence-corrected chi connectivity index (χ3v) is 14.4. The average Bonchev–Trinajstić information content (AvgIpc) is 3.58. The number of carbonyl (C=O) groups is 9. The number of carbonyl (C=O) groups excluding carboxylic acids is 6. The standard InChI is InChI=1S/C48H69N9O12/c1-40(2)19-46(20-41(3,4)52-40)34(64)55(37(67)49-46)16-13-25-26(14-17-56-35(65)47(50-38(56)68)21-42(5,6)53-43(7,8)22-47)29(32(60)61)30(33(62)63)27(28(25)31(58)59)15-18-57-36(66)48(51-39(57)69)23-44(9,10)54-45(11,12)24-48/h52-54H,13-24H2,1-12H3,(H,49,67)(H,50,68)(H,51,69)(H,58,59)(H,60,61)(H,62,63). The molecule has 1 aromatic carbocycles. The molecular weight excluding hydrogens is 895 g/mol. The van der Waals surface area contributed by atoms with Gasteiger partial charge in [-0.15, -0.1) is 0 Å². The summed E-state index contributed by atoms with van der Waals surface area (Å²) in [5.74, 6) is -7.08. The zero-order chi connectivity index (χ0) is 51.6. The summed E-state index contributed by atoms with van der Waals surface area (Å²) >= 11 is 0. The Labute approximate surface area is 401 Å². The lowest BCUT2D eigenvalue weighted by Gasteiger charge is -2.50. The molecule has 1 aromatic rings. The van der Waals surface area contributed by atoms with Crippen molar-refractivity contribution >= 4 is 53.7 Å². The highest BCUT2D eigenvalue weighted by Crippen LogP contribution is 2.43. The van der Waals surface area contributed by atoms with Crippen LogP contribution in [-0.2, 0) is 33.6 Å². The Hall–Kier alpha value is -5.67. The Morgan fingerprint density at radius 2 is 0.609 bits per heavy atom. The van der Waals surface area contributed by atoms with Crippen LogP contribution < -0.4 is 31.9 Å². The van der Waals surface area contributed by atoms with Gasteiger partial charge in [0, 0.05) is 52.9 Å². The maximum atomic E-state index is 14.5. The summed E-state index contributed by atoms with van der Waals surface area (Å²) in [6.07, 6.45) is -0.399. The number of carboxylic acids is 3. The van der Waals surface area contributed by atoms with Crippen molar-refractivity contribution in [2.75, 3.05) is 19.6 Å². The van der Waals surface area contributed by atoms with Crippen LogP contribution in [0.2, 0.25) is 0 Å². The third kappa shape index (κ3) is 9.28. The predicted octanol–water partition coefficient (Wildman–Crippen LogP) is 3.10. The van der Waals surface area contributed by atoms with Gasteiger partial charge in [-0.3, -0.25) is 29.1 Å². The molecule has 0 bridgehead atoms. The summed E-state index contributed by atoms with van der Waals surface area (Å²) in [4.78, 5) is 128. The minimum absolute atomic E-state index is 0.202. The van der Waals surface area contributed by atoms with E-state index in [4.69, 9.17) is 0 Å². The van der Waals surface area contributed by atoms with Crippen molar-refractivity contribution in [1.82, 2.24) is 46.6 Å². The summed E-state index contributed by atoms with van der Waals surface area (Å²) < 4.78 is 0. The second-order valence-corrected chi connectivity index (χ2v) is 24.4. The number of benzene rings is 1. The van der Waals surface area contributed by atoms with Gasteiger partial charge in [0.25, 0.3) is 17.7 Å². The number of imide groups is 3. The quantitative estimate of drug-likeness (QED) is 0.136. The zero-order valence-electron chi connectivity index (χ0n) is 41.8. The number of carboxylic acid groups (broad SMARTS) is 3. The summed E-state index contributed by atoms with van der Waals surface area (Å²) in [5, 5.41) is 52.0. The lowest BCUT2D eigenvalue weighted by atomic mass is 9.70. The summed E-state index contributed by atoms with van der Waals surface area (Å²) in [7, 11) is 0. The summed E-state index contributed by atoms with van der Waals surface area (Å²) in [5.41, 5.74) is -11.2. The minimum Gasteiger partial charge on any atom is -0.478 e. The topological polar surface area (TPSA) is 296 Å². The Morgan fingerprint density at radius 1 is 0.391 bits per heavy atom. The van der Waals surface area contributed by atoms with E-state index in [0.29, 0.717) is 0 Å². The van der Waals surface area contributed by atoms with Gasteiger partial charge in [0.1, 0.15) is 16.6 Å². The first-order valence-electron chi connectivity index (χ1n) is 23.6. The fraction of sp³-hybridized carbons (Fsp3) is 0.688. The van der Waals surface area contributed by atoms with E-state index in [2.05, 4.69) is 31.9 Å². The molecule has 21 nitrogen and oxygen atoms in total. The van der Waals surface area contributed by atoms with E-state index < -0.39 is 165 Å². The molecule has 9 amide bonds. The lowest BCUT2D eigenvalue weighted by molar-refractivity contribution is -0.135. The molecule has 0 aromatic heterocycles. The fourth-order valence-corrected chi connectivity index (χ4v) is 14.2. The van der Waals surface area contributed by atoms with Crippen LogP contribution in [-0.4, -0.2) is 153 Å². The fourth-order valence-electron chi connectivity index (χ4n) is 14.2. The molecular formula is C48H69N9O12. The van der Waals surface area contributed by atoms with Gasteiger partial charge in [0.2, 0.25) is 0 Å². The van der Waals surface area contributed by atoms with E-state index >= 15 is 0 Å². The molecule has 0 saturated carbocycles. The van der Waals surface area contributed by atoms with Crippen molar-refractivity contribution in [3.63, 3.8) is 0 Å². The average molecular weight is 964 g/mol. The maximum absolute atomic E-state index is 14.5. The molecule has 3 spiro atoms. The van der Waals surface area contributed by atoms with E-state index in [9.17, 15) is 58.5 Å². The number of hydrogen-bond acceptors (Lipinski definition) is 12. The van der Waals surface area contributed by atoms with Gasteiger partial charge < -0.3 is 47.2 Å². The molecule has 0 unspecified atom stereocenters. The molecule has 7 rings (SSSR count). The minimum atomic E-state index is -1.83. The van der Waals surface area contributed by atoms with Gasteiger partial charge in [0.05, 0.1) is 16.7 Å². The highest BCUT2D eigenvalue weighted by Gasteiger charge is 2.61. The summed E-state index contributed by atoms with van der Waals surface area (Å²) in [6.45, 7) is 21.2. The smallest absolute Gasteiger partial charge is 0.336 e. The van der Waals surface area contributed by atoms with Crippen LogP contribution in [0, 0.1) is 0 Å². The van der Waals surface area contributed by atoms with Crippen molar-refractivity contribution in [3.8, 4) is 0 Å². The van der Waals surface area contributed by atoms with Crippen LogP contribution in [0.3, 0.4) is 0 Å². The SMILES string of the molecule is CC1(C)CC2(CC(C)(C)N1)NC(=O)N(CCc1c(CCN3C(=O)NC4(CC(C)(C)NC(C)(C)C4)C3=O)c(C(=O)O)c(C(=O)O)c(CCN3C(=O)NC4(CC(C)(C)NC(C)(C)C4)C3=O)c1C(=O)O)C2=O. The van der Waals surface area contributed by atoms with Crippen LogP contribution in [0.5, 0.6) is 0 Å². The number of aromatic carboxylic acids is 3. The Morgan fingerprint density at radius 3 is 0.855 bits per heavy atom. The van der Waals surface area contributed by atoms with Crippen molar-refractivity contribution in [2.24, 2.45) is 0 Å². The monoisotopic (exact) mass is 964 g/mol. The van der Waals surface area contributed by atoms with Crippen molar-refractivity contribution in [2.45, 2.75) is 191 Å². The van der Waals surface area contributed by atoms with Gasteiger partial charge in [0.15, 0.2) is 0 Å². The maximum Gasteiger partial charge on any atom is 0.336 e. The van der Waals surface area contributed by atoms with E-state index in [-0.39, 0.29) is 49.7 Å². The molecule has 6 fully saturated rings. The van der Waals surface area contributed by atoms with Gasteiger partial charge in [-0.1, -0.05) is 0 Å². The van der Waals surface area contributed by atoms with Gasteiger partial charge in [-0.05, 0) is 158 Å². The van der Waals surface area contributed by atoms with E-state index in [0.717, 1.165) is 14.7 Å². The van der Waals surface area contributed by atoms with E-state index in [1.807, 2.05) is 83.1 Å². The van der Waals surface area contributed by atoms with Crippen molar-refractivity contribution in [3.05, 3.63) is 33.4 Å². The number of piperidine rings is 3. The predicted molar refractivity (Wildman–Crippen MR) is 249 cm³/mol. The Kier molecular flexibility index (Phi) is 12.0. The highest BCUT2D eigenvalue weighted by atomic mass is 16.4. The lowest BCUT2D eigenvalue weighted by Crippen LogP contribution is -2.68. The number of amides is 9. The number of hydrogen-bond donors (Lipinski definition) is 9. The molecule has 21 heteroatoms. The van der Waals surface area contributed by atoms with Crippen LogP contribution in [0.1, 0.15) is 169 Å². The number of rotatable bonds is 12. The van der Waals surface area contributed by atoms with Crippen LogP contribution in [0.4, 0.5) is 14.4 Å². The second-order valence-electron chi connectivity index (χ2n) is 24.4. The third-order valence-electron chi connectivity index (χ3n) is 14.4. The zero-order valence-corrected chi connectivity index (χ0v) is 41.8. The number of nitrogens with zero attached hydrogens (tertiary/aromatic N) is 3. The van der Waals surface area contributed by atoms with Gasteiger partial charge in [-0.25, -0.2) is 28.8 Å². The molecule has 9 N–H and O–H groups in total. The van der Waals surface area contributed by atoms with Gasteiger partial charge in [-0.2, -0.15) is 0 Å².